The first-order valence-corrected chi connectivity index (χ1v) is 5.14. The molecule has 0 saturated heterocycles. The average molecular weight is 207 g/mol. The smallest absolute Gasteiger partial charge is 0.164 e. The third-order valence-corrected chi connectivity index (χ3v) is 2.02. The van der Waals surface area contributed by atoms with E-state index in [-0.39, 0.29) is 11.9 Å². The van der Waals surface area contributed by atoms with Gasteiger partial charge in [-0.2, -0.15) is 0 Å². The van der Waals surface area contributed by atoms with Crippen molar-refractivity contribution in [2.45, 2.75) is 33.3 Å². The SMILES string of the molecule is CCC(=O)c1cc(OC(C)C)ccc1N. The fraction of sp³-hybridized carbons (Fsp3) is 0.417. The number of Topliss-reactive ketones (excluding diaryl/α,β-unsaturated/α-hetero) is 1. The zero-order valence-electron chi connectivity index (χ0n) is 9.41. The molecule has 0 aliphatic heterocycles. The molecule has 0 saturated carbocycles. The molecule has 0 spiro atoms. The molecule has 0 aliphatic rings. The average Bonchev–Trinajstić information content (AvgIpc) is 2.19. The number of hydrogen-bond donors (Lipinski definition) is 1. The first kappa shape index (κ1) is 11.6. The van der Waals surface area contributed by atoms with E-state index < -0.39 is 0 Å². The lowest BCUT2D eigenvalue weighted by Gasteiger charge is -2.11. The van der Waals surface area contributed by atoms with E-state index in [0.717, 1.165) is 0 Å². The number of carbonyl (C=O) groups is 1. The lowest BCUT2D eigenvalue weighted by atomic mass is 10.1. The molecular formula is C12H17NO2. The van der Waals surface area contributed by atoms with E-state index >= 15 is 0 Å². The molecule has 1 aromatic carbocycles. The number of hydrogen-bond acceptors (Lipinski definition) is 3. The van der Waals surface area contributed by atoms with E-state index in [0.29, 0.717) is 23.4 Å². The van der Waals surface area contributed by atoms with E-state index in [1.165, 1.54) is 0 Å². The van der Waals surface area contributed by atoms with Crippen LogP contribution in [0, 0.1) is 0 Å². The third kappa shape index (κ3) is 2.98. The predicted molar refractivity (Wildman–Crippen MR) is 61.2 cm³/mol. The minimum atomic E-state index is 0.0432. The Morgan fingerprint density at radius 3 is 2.67 bits per heavy atom. The molecular weight excluding hydrogens is 190 g/mol. The van der Waals surface area contributed by atoms with Crippen LogP contribution < -0.4 is 10.5 Å². The van der Waals surface area contributed by atoms with Gasteiger partial charge in [0.1, 0.15) is 5.75 Å². The number of ketones is 1. The fourth-order valence-corrected chi connectivity index (χ4v) is 1.31. The Kier molecular flexibility index (Phi) is 3.72. The summed E-state index contributed by atoms with van der Waals surface area (Å²) >= 11 is 0. The molecule has 0 aliphatic carbocycles. The van der Waals surface area contributed by atoms with Crippen molar-refractivity contribution < 1.29 is 9.53 Å². The molecule has 2 N–H and O–H groups in total. The Hall–Kier alpha value is -1.51. The fourth-order valence-electron chi connectivity index (χ4n) is 1.31. The molecule has 0 amide bonds. The van der Waals surface area contributed by atoms with Crippen LogP contribution in [-0.4, -0.2) is 11.9 Å². The molecule has 0 unspecified atom stereocenters. The standard InChI is InChI=1S/C12H17NO2/c1-4-12(14)10-7-9(15-8(2)3)5-6-11(10)13/h5-8H,4,13H2,1-3H3. The summed E-state index contributed by atoms with van der Waals surface area (Å²) in [5, 5.41) is 0. The van der Waals surface area contributed by atoms with Gasteiger partial charge in [0.2, 0.25) is 0 Å². The van der Waals surface area contributed by atoms with Crippen molar-refractivity contribution >= 4 is 11.5 Å². The Labute approximate surface area is 90.2 Å². The van der Waals surface area contributed by atoms with Gasteiger partial charge >= 0.3 is 0 Å². The zero-order valence-corrected chi connectivity index (χ0v) is 9.41. The van der Waals surface area contributed by atoms with Crippen molar-refractivity contribution in [3.63, 3.8) is 0 Å². The van der Waals surface area contributed by atoms with Gasteiger partial charge in [0.25, 0.3) is 0 Å². The van der Waals surface area contributed by atoms with Crippen molar-refractivity contribution in [3.05, 3.63) is 23.8 Å². The second-order valence-electron chi connectivity index (χ2n) is 3.69. The molecule has 3 heteroatoms. The van der Waals surface area contributed by atoms with Gasteiger partial charge in [-0.1, -0.05) is 6.92 Å². The molecule has 0 radical (unpaired) electrons. The minimum Gasteiger partial charge on any atom is -0.491 e. The summed E-state index contributed by atoms with van der Waals surface area (Å²) in [7, 11) is 0. The first-order valence-electron chi connectivity index (χ1n) is 5.14. The summed E-state index contributed by atoms with van der Waals surface area (Å²) in [6.45, 7) is 5.70. The van der Waals surface area contributed by atoms with Gasteiger partial charge in [0, 0.05) is 17.7 Å². The van der Waals surface area contributed by atoms with Crippen molar-refractivity contribution in [1.82, 2.24) is 0 Å². The van der Waals surface area contributed by atoms with Crippen LogP contribution in [0.4, 0.5) is 5.69 Å². The number of anilines is 1. The second-order valence-corrected chi connectivity index (χ2v) is 3.69. The normalized spacial score (nSPS) is 10.4. The number of rotatable bonds is 4. The maximum absolute atomic E-state index is 11.5. The van der Waals surface area contributed by atoms with Gasteiger partial charge in [0.15, 0.2) is 5.78 Å². The monoisotopic (exact) mass is 207 g/mol. The molecule has 82 valence electrons. The Balaban J connectivity index is 3.00. The highest BCUT2D eigenvalue weighted by Crippen LogP contribution is 2.21. The molecule has 0 atom stereocenters. The Bertz CT molecular complexity index is 359. The second kappa shape index (κ2) is 4.82. The molecule has 0 aromatic heterocycles. The van der Waals surface area contributed by atoms with Crippen molar-refractivity contribution in [2.75, 3.05) is 5.73 Å². The van der Waals surface area contributed by atoms with Crippen LogP contribution in [0.15, 0.2) is 18.2 Å². The highest BCUT2D eigenvalue weighted by molar-refractivity contribution is 6.00. The van der Waals surface area contributed by atoms with Crippen molar-refractivity contribution in [3.8, 4) is 5.75 Å². The number of nitrogens with two attached hydrogens (primary N) is 1. The first-order chi connectivity index (χ1) is 7.04. The highest BCUT2D eigenvalue weighted by Gasteiger charge is 2.09. The van der Waals surface area contributed by atoms with Gasteiger partial charge in [0.05, 0.1) is 6.10 Å². The maximum atomic E-state index is 11.5. The number of ether oxygens (including phenoxy) is 1. The van der Waals surface area contributed by atoms with Gasteiger partial charge in [-0.25, -0.2) is 0 Å². The summed E-state index contributed by atoms with van der Waals surface area (Å²) in [5.41, 5.74) is 6.78. The van der Waals surface area contributed by atoms with Crippen LogP contribution in [0.5, 0.6) is 5.75 Å². The number of nitrogen functional groups attached to an aromatic ring is 1. The van der Waals surface area contributed by atoms with Gasteiger partial charge < -0.3 is 10.5 Å². The lowest BCUT2D eigenvalue weighted by molar-refractivity contribution is 0.0988. The van der Waals surface area contributed by atoms with Crippen LogP contribution in [0.25, 0.3) is 0 Å². The molecule has 0 bridgehead atoms. The van der Waals surface area contributed by atoms with Crippen LogP contribution in [0.1, 0.15) is 37.6 Å². The Morgan fingerprint density at radius 2 is 2.13 bits per heavy atom. The molecule has 3 nitrogen and oxygen atoms in total. The molecule has 1 aromatic rings. The summed E-state index contributed by atoms with van der Waals surface area (Å²) in [5.74, 6) is 0.734. The topological polar surface area (TPSA) is 52.3 Å². The molecule has 1 rings (SSSR count). The van der Waals surface area contributed by atoms with E-state index in [9.17, 15) is 4.79 Å². The quantitative estimate of drug-likeness (QED) is 0.610. The largest absolute Gasteiger partial charge is 0.491 e. The van der Waals surface area contributed by atoms with Crippen molar-refractivity contribution in [1.29, 1.82) is 0 Å². The third-order valence-electron chi connectivity index (χ3n) is 2.02. The van der Waals surface area contributed by atoms with Crippen LogP contribution in [0.3, 0.4) is 0 Å². The van der Waals surface area contributed by atoms with Gasteiger partial charge in [-0.05, 0) is 32.0 Å². The molecule has 0 heterocycles. The highest BCUT2D eigenvalue weighted by atomic mass is 16.5. The van der Waals surface area contributed by atoms with Crippen LogP contribution in [0.2, 0.25) is 0 Å². The van der Waals surface area contributed by atoms with E-state index in [1.54, 1.807) is 18.2 Å². The minimum absolute atomic E-state index is 0.0432. The molecule has 0 fully saturated rings. The van der Waals surface area contributed by atoms with Crippen molar-refractivity contribution in [2.24, 2.45) is 0 Å². The maximum Gasteiger partial charge on any atom is 0.164 e. The predicted octanol–water partition coefficient (Wildman–Crippen LogP) is 2.65. The summed E-state index contributed by atoms with van der Waals surface area (Å²) < 4.78 is 5.50. The lowest BCUT2D eigenvalue weighted by Crippen LogP contribution is -2.08. The van der Waals surface area contributed by atoms with E-state index in [1.807, 2.05) is 20.8 Å². The zero-order chi connectivity index (χ0) is 11.4. The van der Waals surface area contributed by atoms with Gasteiger partial charge in [-0.15, -0.1) is 0 Å². The van der Waals surface area contributed by atoms with Crippen LogP contribution in [-0.2, 0) is 0 Å². The number of carbonyl (C=O) groups excluding carboxylic acids is 1. The summed E-state index contributed by atoms with van der Waals surface area (Å²) in [4.78, 5) is 11.5. The Morgan fingerprint density at radius 1 is 1.47 bits per heavy atom. The van der Waals surface area contributed by atoms with Crippen LogP contribution >= 0.6 is 0 Å². The summed E-state index contributed by atoms with van der Waals surface area (Å²) in [6.07, 6.45) is 0.549. The number of benzene rings is 1. The summed E-state index contributed by atoms with van der Waals surface area (Å²) in [6, 6.07) is 5.20. The van der Waals surface area contributed by atoms with E-state index in [2.05, 4.69) is 0 Å². The molecule has 15 heavy (non-hydrogen) atoms. The van der Waals surface area contributed by atoms with Gasteiger partial charge in [-0.3, -0.25) is 4.79 Å². The van der Waals surface area contributed by atoms with E-state index in [4.69, 9.17) is 10.5 Å².